The molecule has 1 atom stereocenters. The zero-order valence-corrected chi connectivity index (χ0v) is 19.7. The van der Waals surface area contributed by atoms with Crippen molar-refractivity contribution in [2.75, 3.05) is 49.8 Å². The smallest absolute Gasteiger partial charge is 0.265 e. The first-order chi connectivity index (χ1) is 15.9. The predicted molar refractivity (Wildman–Crippen MR) is 127 cm³/mol. The number of ether oxygens (including phenoxy) is 2. The van der Waals surface area contributed by atoms with E-state index in [4.69, 9.17) is 32.7 Å². The number of phenols is 1. The number of carbonyl (C=O) groups is 2. The molecule has 2 aliphatic rings. The van der Waals surface area contributed by atoms with Gasteiger partial charge in [-0.25, -0.2) is 0 Å². The zero-order chi connectivity index (χ0) is 23.5. The van der Waals surface area contributed by atoms with Gasteiger partial charge in [0.25, 0.3) is 11.8 Å². The van der Waals surface area contributed by atoms with E-state index in [1.165, 1.54) is 12.1 Å². The summed E-state index contributed by atoms with van der Waals surface area (Å²) in [6.07, 6.45) is 1.45. The van der Waals surface area contributed by atoms with Crippen molar-refractivity contribution < 1.29 is 24.2 Å². The predicted octanol–water partition coefficient (Wildman–Crippen LogP) is 3.47. The average Bonchev–Trinajstić information content (AvgIpc) is 3.25. The molecule has 2 aliphatic heterocycles. The van der Waals surface area contributed by atoms with E-state index in [2.05, 4.69) is 10.2 Å². The van der Waals surface area contributed by atoms with Gasteiger partial charge < -0.3 is 29.7 Å². The Morgan fingerprint density at radius 3 is 2.91 bits per heavy atom. The van der Waals surface area contributed by atoms with Crippen LogP contribution in [0, 0.1) is 0 Å². The van der Waals surface area contributed by atoms with Gasteiger partial charge in [0.1, 0.15) is 11.5 Å². The molecule has 0 aliphatic carbocycles. The Morgan fingerprint density at radius 1 is 1.30 bits per heavy atom. The van der Waals surface area contributed by atoms with E-state index in [1.807, 2.05) is 18.2 Å². The Morgan fingerprint density at radius 2 is 2.12 bits per heavy atom. The fourth-order valence-electron chi connectivity index (χ4n) is 4.11. The number of carbonyl (C=O) groups excluding carboxylic acids is 2. The van der Waals surface area contributed by atoms with Crippen LogP contribution < -0.4 is 19.9 Å². The minimum atomic E-state index is -0.433. The van der Waals surface area contributed by atoms with Gasteiger partial charge >= 0.3 is 0 Å². The van der Waals surface area contributed by atoms with Crippen molar-refractivity contribution in [2.45, 2.75) is 18.9 Å². The topological polar surface area (TPSA) is 91.3 Å². The van der Waals surface area contributed by atoms with Gasteiger partial charge in [0.15, 0.2) is 6.61 Å². The Hall–Kier alpha value is -2.68. The fraction of sp³-hybridized carbons (Fsp3) is 0.391. The van der Waals surface area contributed by atoms with Crippen LogP contribution in [0.25, 0.3) is 0 Å². The van der Waals surface area contributed by atoms with Crippen LogP contribution in [0.2, 0.25) is 10.0 Å². The number of hydrogen-bond donors (Lipinski definition) is 2. The van der Waals surface area contributed by atoms with E-state index < -0.39 is 5.91 Å². The second-order valence-corrected chi connectivity index (χ2v) is 8.86. The molecule has 1 fully saturated rings. The molecule has 176 valence electrons. The van der Waals surface area contributed by atoms with Gasteiger partial charge in [-0.2, -0.15) is 0 Å². The number of fused-ring (bicyclic) bond motifs is 1. The molecular formula is C23H25Cl2N3O5. The molecule has 8 nitrogen and oxygen atoms in total. The minimum absolute atomic E-state index is 0.0253. The van der Waals surface area contributed by atoms with Crippen molar-refractivity contribution in [3.8, 4) is 11.5 Å². The third-order valence-electron chi connectivity index (χ3n) is 5.78. The minimum Gasteiger partial charge on any atom is -0.506 e. The summed E-state index contributed by atoms with van der Waals surface area (Å²) in [4.78, 5) is 29.0. The van der Waals surface area contributed by atoms with Gasteiger partial charge in [0.05, 0.1) is 16.3 Å². The van der Waals surface area contributed by atoms with Crippen molar-refractivity contribution in [3.63, 3.8) is 0 Å². The zero-order valence-electron chi connectivity index (χ0n) is 18.1. The van der Waals surface area contributed by atoms with Crippen molar-refractivity contribution in [1.29, 1.82) is 0 Å². The lowest BCUT2D eigenvalue weighted by atomic mass is 10.1. The lowest BCUT2D eigenvalue weighted by Crippen LogP contribution is -2.40. The van der Waals surface area contributed by atoms with Gasteiger partial charge in [-0.3, -0.25) is 9.59 Å². The lowest BCUT2D eigenvalue weighted by molar-refractivity contribution is -0.121. The van der Waals surface area contributed by atoms with Crippen LogP contribution >= 0.6 is 23.2 Å². The lowest BCUT2D eigenvalue weighted by Gasteiger charge is -2.31. The molecule has 0 bridgehead atoms. The van der Waals surface area contributed by atoms with Crippen molar-refractivity contribution in [3.05, 3.63) is 45.9 Å². The standard InChI is InChI=1S/C23H25Cl2N3O5/c1-32-8-2-6-28-19-11-16(3-4-20(19)33-13-21(28)29)27-7-5-15(12-27)26-23(31)17-9-14(24)10-18(25)22(17)30/h3-4,9-11,15,30H,2,5-8,12-13H2,1H3,(H,26,31)/t15-/m0/s1. The highest BCUT2D eigenvalue weighted by atomic mass is 35.5. The molecule has 2 aromatic rings. The maximum atomic E-state index is 12.7. The average molecular weight is 494 g/mol. The van der Waals surface area contributed by atoms with Crippen LogP contribution in [-0.2, 0) is 9.53 Å². The molecule has 1 saturated heterocycles. The molecule has 33 heavy (non-hydrogen) atoms. The number of halogens is 2. The Kier molecular flexibility index (Phi) is 7.17. The van der Waals surface area contributed by atoms with Crippen LogP contribution in [0.5, 0.6) is 11.5 Å². The highest BCUT2D eigenvalue weighted by Crippen LogP contribution is 2.37. The van der Waals surface area contributed by atoms with Gasteiger partial charge in [-0.05, 0) is 43.2 Å². The van der Waals surface area contributed by atoms with E-state index in [1.54, 1.807) is 12.0 Å². The summed E-state index contributed by atoms with van der Waals surface area (Å²) in [6, 6.07) is 8.43. The Balaban J connectivity index is 1.45. The normalized spacial score (nSPS) is 17.7. The number of nitrogens with zero attached hydrogens (tertiary/aromatic N) is 2. The van der Waals surface area contributed by atoms with Crippen LogP contribution in [0.4, 0.5) is 11.4 Å². The van der Waals surface area contributed by atoms with E-state index in [0.29, 0.717) is 25.4 Å². The molecule has 4 rings (SSSR count). The van der Waals surface area contributed by atoms with Crippen molar-refractivity contribution in [1.82, 2.24) is 5.32 Å². The van der Waals surface area contributed by atoms with Crippen LogP contribution in [0.1, 0.15) is 23.2 Å². The Bertz CT molecular complexity index is 1060. The molecule has 2 amide bonds. The first kappa shape index (κ1) is 23.5. The van der Waals surface area contributed by atoms with Gasteiger partial charge in [0.2, 0.25) is 0 Å². The number of nitrogens with one attached hydrogen (secondary N) is 1. The van der Waals surface area contributed by atoms with E-state index in [9.17, 15) is 14.7 Å². The van der Waals surface area contributed by atoms with E-state index in [0.717, 1.165) is 30.8 Å². The monoisotopic (exact) mass is 493 g/mol. The number of hydrogen-bond acceptors (Lipinski definition) is 6. The third kappa shape index (κ3) is 5.13. The summed E-state index contributed by atoms with van der Waals surface area (Å²) in [5, 5.41) is 13.4. The number of methoxy groups -OCH3 is 1. The molecular weight excluding hydrogens is 469 g/mol. The molecule has 0 unspecified atom stereocenters. The molecule has 0 spiro atoms. The fourth-order valence-corrected chi connectivity index (χ4v) is 4.61. The third-order valence-corrected chi connectivity index (χ3v) is 6.28. The molecule has 10 heteroatoms. The summed E-state index contributed by atoms with van der Waals surface area (Å²) >= 11 is 11.9. The van der Waals surface area contributed by atoms with E-state index in [-0.39, 0.29) is 39.9 Å². The Labute approximate surface area is 202 Å². The van der Waals surface area contributed by atoms with Crippen molar-refractivity contribution in [2.24, 2.45) is 0 Å². The molecule has 2 heterocycles. The highest BCUT2D eigenvalue weighted by molar-refractivity contribution is 6.36. The largest absolute Gasteiger partial charge is 0.506 e. The number of phenolic OH excluding ortho intramolecular Hbond substituents is 1. The molecule has 0 saturated carbocycles. The van der Waals surface area contributed by atoms with E-state index >= 15 is 0 Å². The number of anilines is 2. The maximum Gasteiger partial charge on any atom is 0.265 e. The molecule has 0 aromatic heterocycles. The summed E-state index contributed by atoms with van der Waals surface area (Å²) < 4.78 is 10.7. The quantitative estimate of drug-likeness (QED) is 0.573. The van der Waals surface area contributed by atoms with Crippen LogP contribution in [0.15, 0.2) is 30.3 Å². The summed E-state index contributed by atoms with van der Waals surface area (Å²) in [6.45, 7) is 2.46. The first-order valence-electron chi connectivity index (χ1n) is 10.7. The maximum absolute atomic E-state index is 12.7. The summed E-state index contributed by atoms with van der Waals surface area (Å²) in [5.41, 5.74) is 1.72. The van der Waals surface area contributed by atoms with Crippen LogP contribution in [-0.4, -0.2) is 62.9 Å². The molecule has 0 radical (unpaired) electrons. The second kappa shape index (κ2) is 10.1. The van der Waals surface area contributed by atoms with Crippen LogP contribution in [0.3, 0.4) is 0 Å². The SMILES string of the molecule is COCCCN1C(=O)COc2ccc(N3CC[C@H](NC(=O)c4cc(Cl)cc(Cl)c4O)C3)cc21. The first-order valence-corrected chi connectivity index (χ1v) is 11.4. The van der Waals surface area contributed by atoms with Crippen molar-refractivity contribution >= 4 is 46.4 Å². The molecule has 2 N–H and O–H groups in total. The second-order valence-electron chi connectivity index (χ2n) is 8.02. The van der Waals surface area contributed by atoms with Gasteiger partial charge in [-0.15, -0.1) is 0 Å². The number of benzene rings is 2. The summed E-state index contributed by atoms with van der Waals surface area (Å²) in [7, 11) is 1.64. The van der Waals surface area contributed by atoms with Gasteiger partial charge in [-0.1, -0.05) is 23.2 Å². The summed E-state index contributed by atoms with van der Waals surface area (Å²) in [5.74, 6) is -0.130. The highest BCUT2D eigenvalue weighted by Gasteiger charge is 2.29. The number of aromatic hydroxyl groups is 1. The molecule has 2 aromatic carbocycles. The number of amides is 2. The number of rotatable bonds is 7. The van der Waals surface area contributed by atoms with Gasteiger partial charge in [0, 0.05) is 50.1 Å².